The van der Waals surface area contributed by atoms with Crippen LogP contribution < -0.4 is 14.8 Å². The summed E-state index contributed by atoms with van der Waals surface area (Å²) in [4.78, 5) is 11.9. The molecule has 6 nitrogen and oxygen atoms in total. The average molecular weight is 422 g/mol. The van der Waals surface area contributed by atoms with Gasteiger partial charge in [0, 0.05) is 16.8 Å². The lowest BCUT2D eigenvalue weighted by Gasteiger charge is -2.14. The summed E-state index contributed by atoms with van der Waals surface area (Å²) in [6.45, 7) is 0.0215. The Bertz CT molecular complexity index is 913. The van der Waals surface area contributed by atoms with Crippen LogP contribution in [0, 0.1) is 0 Å². The molecule has 146 valence electrons. The molecule has 0 saturated carbocycles. The van der Waals surface area contributed by atoms with Crippen molar-refractivity contribution in [3.8, 4) is 11.5 Å². The van der Waals surface area contributed by atoms with E-state index in [1.54, 1.807) is 54.6 Å². The Morgan fingerprint density at radius 1 is 1.07 bits per heavy atom. The minimum atomic E-state index is -0.867. The van der Waals surface area contributed by atoms with Gasteiger partial charge in [0.25, 0.3) is 5.91 Å². The van der Waals surface area contributed by atoms with Gasteiger partial charge in [-0.2, -0.15) is 0 Å². The van der Waals surface area contributed by atoms with Crippen LogP contribution in [-0.2, 0) is 0 Å². The van der Waals surface area contributed by atoms with Crippen molar-refractivity contribution in [1.82, 2.24) is 0 Å². The first kappa shape index (κ1) is 20.1. The number of carbonyl (C=O) groups is 1. The number of rotatable bonds is 8. The molecule has 0 fully saturated rings. The third-order valence-corrected chi connectivity index (χ3v) is 4.17. The number of furan rings is 1. The molecule has 1 atom stereocenters. The van der Waals surface area contributed by atoms with E-state index in [4.69, 9.17) is 37.1 Å². The molecule has 2 aromatic carbocycles. The van der Waals surface area contributed by atoms with Gasteiger partial charge >= 0.3 is 0 Å². The van der Waals surface area contributed by atoms with E-state index in [9.17, 15) is 9.90 Å². The molecule has 0 aliphatic heterocycles. The first-order valence-electron chi connectivity index (χ1n) is 8.35. The molecule has 0 spiro atoms. The van der Waals surface area contributed by atoms with E-state index in [1.807, 2.05) is 0 Å². The van der Waals surface area contributed by atoms with Gasteiger partial charge in [-0.25, -0.2) is 0 Å². The highest BCUT2D eigenvalue weighted by molar-refractivity contribution is 6.34. The summed E-state index contributed by atoms with van der Waals surface area (Å²) in [6.07, 6.45) is 0.565. The molecular weight excluding hydrogens is 405 g/mol. The van der Waals surface area contributed by atoms with Gasteiger partial charge in [0.15, 0.2) is 5.76 Å². The highest BCUT2D eigenvalue weighted by atomic mass is 35.5. The van der Waals surface area contributed by atoms with E-state index in [0.29, 0.717) is 27.2 Å². The molecule has 1 unspecified atom stereocenters. The van der Waals surface area contributed by atoms with Crippen molar-refractivity contribution in [3.63, 3.8) is 0 Å². The molecule has 3 rings (SSSR count). The zero-order valence-electron chi connectivity index (χ0n) is 14.6. The molecule has 1 aromatic heterocycles. The van der Waals surface area contributed by atoms with Gasteiger partial charge in [0.2, 0.25) is 0 Å². The predicted molar refractivity (Wildman–Crippen MR) is 107 cm³/mol. The molecule has 2 N–H and O–H groups in total. The number of aliphatic hydroxyl groups excluding tert-OH is 1. The number of hydrogen-bond donors (Lipinski definition) is 2. The summed E-state index contributed by atoms with van der Waals surface area (Å²) in [7, 11) is 0. The van der Waals surface area contributed by atoms with E-state index in [2.05, 4.69) is 5.32 Å². The zero-order chi connectivity index (χ0) is 19.9. The van der Waals surface area contributed by atoms with E-state index in [0.717, 1.165) is 0 Å². The fourth-order valence-electron chi connectivity index (χ4n) is 2.25. The molecular formula is C20H17Cl2NO5. The quantitative estimate of drug-likeness (QED) is 0.552. The first-order chi connectivity index (χ1) is 13.5. The molecule has 0 aliphatic carbocycles. The smallest absolute Gasteiger partial charge is 0.291 e. The van der Waals surface area contributed by atoms with Crippen molar-refractivity contribution >= 4 is 34.8 Å². The summed E-state index contributed by atoms with van der Waals surface area (Å²) in [5.41, 5.74) is 0.591. The minimum absolute atomic E-state index is 0.00263. The number of nitrogens with one attached hydrogen (secondary N) is 1. The molecule has 0 bridgehead atoms. The lowest BCUT2D eigenvalue weighted by Crippen LogP contribution is -2.25. The van der Waals surface area contributed by atoms with Crippen molar-refractivity contribution in [2.24, 2.45) is 0 Å². The maximum Gasteiger partial charge on any atom is 0.291 e. The molecule has 3 aromatic rings. The first-order valence-corrected chi connectivity index (χ1v) is 9.10. The van der Waals surface area contributed by atoms with Crippen LogP contribution in [0.4, 0.5) is 5.69 Å². The van der Waals surface area contributed by atoms with Crippen LogP contribution in [0.2, 0.25) is 10.0 Å². The number of amides is 1. The highest BCUT2D eigenvalue weighted by Crippen LogP contribution is 2.27. The fourth-order valence-corrected chi connectivity index (χ4v) is 2.58. The second kappa shape index (κ2) is 9.50. The third-order valence-electron chi connectivity index (χ3n) is 3.62. The van der Waals surface area contributed by atoms with Crippen molar-refractivity contribution in [1.29, 1.82) is 0 Å². The number of anilines is 1. The maximum atomic E-state index is 11.9. The monoisotopic (exact) mass is 421 g/mol. The molecule has 1 heterocycles. The predicted octanol–water partition coefficient (Wildman–Crippen LogP) is 4.66. The van der Waals surface area contributed by atoms with Gasteiger partial charge in [0.05, 0.1) is 11.3 Å². The van der Waals surface area contributed by atoms with Crippen LogP contribution in [0.15, 0.2) is 65.3 Å². The van der Waals surface area contributed by atoms with Crippen molar-refractivity contribution < 1.29 is 23.8 Å². The van der Waals surface area contributed by atoms with Crippen LogP contribution in [0.3, 0.4) is 0 Å². The molecule has 0 radical (unpaired) electrons. The third kappa shape index (κ3) is 5.66. The van der Waals surface area contributed by atoms with Gasteiger partial charge < -0.3 is 24.3 Å². The Balaban J connectivity index is 1.45. The Kier molecular flexibility index (Phi) is 6.81. The Morgan fingerprint density at radius 3 is 2.54 bits per heavy atom. The summed E-state index contributed by atoms with van der Waals surface area (Å²) >= 11 is 11.9. The molecule has 8 heteroatoms. The number of benzene rings is 2. The average Bonchev–Trinajstić information content (AvgIpc) is 3.23. The molecule has 1 amide bonds. The summed E-state index contributed by atoms with van der Waals surface area (Å²) in [6, 6.07) is 14.8. The number of aliphatic hydroxyl groups is 1. The van der Waals surface area contributed by atoms with E-state index in [1.165, 1.54) is 6.26 Å². The van der Waals surface area contributed by atoms with Crippen molar-refractivity contribution in [3.05, 3.63) is 76.7 Å². The number of carbonyl (C=O) groups excluding carboxylic acids is 1. The van der Waals surface area contributed by atoms with Gasteiger partial charge in [-0.3, -0.25) is 4.79 Å². The summed E-state index contributed by atoms with van der Waals surface area (Å²) < 4.78 is 16.0. The van der Waals surface area contributed by atoms with Crippen molar-refractivity contribution in [2.75, 3.05) is 18.5 Å². The van der Waals surface area contributed by atoms with E-state index < -0.39 is 6.10 Å². The van der Waals surface area contributed by atoms with E-state index >= 15 is 0 Å². The van der Waals surface area contributed by atoms with Crippen LogP contribution in [0.5, 0.6) is 11.5 Å². The Labute approximate surface area is 171 Å². The summed E-state index contributed by atoms with van der Waals surface area (Å²) in [5.74, 6) is 0.815. The second-order valence-electron chi connectivity index (χ2n) is 5.81. The van der Waals surface area contributed by atoms with Crippen LogP contribution in [-0.4, -0.2) is 30.3 Å². The lowest BCUT2D eigenvalue weighted by molar-refractivity contribution is 0.0627. The minimum Gasteiger partial charge on any atom is -0.491 e. The largest absolute Gasteiger partial charge is 0.491 e. The number of ether oxygens (including phenoxy) is 2. The second-order valence-corrected chi connectivity index (χ2v) is 6.65. The maximum absolute atomic E-state index is 11.9. The lowest BCUT2D eigenvalue weighted by atomic mass is 10.3. The fraction of sp³-hybridized carbons (Fsp3) is 0.150. The number of hydrogen-bond acceptors (Lipinski definition) is 5. The SMILES string of the molecule is O=C(Nc1ccc(OCC(O)COc2cc(Cl)ccc2Cl)cc1)c1ccco1. The van der Waals surface area contributed by atoms with Crippen LogP contribution >= 0.6 is 23.2 Å². The standard InChI is InChI=1S/C20H17Cl2NO5/c21-13-3-8-17(22)19(10-13)28-12-15(24)11-27-16-6-4-14(5-7-16)23-20(25)18-2-1-9-26-18/h1-10,15,24H,11-12H2,(H,23,25). The Morgan fingerprint density at radius 2 is 1.82 bits per heavy atom. The van der Waals surface area contributed by atoms with Gasteiger partial charge in [-0.05, 0) is 48.5 Å². The summed E-state index contributed by atoms with van der Waals surface area (Å²) in [5, 5.41) is 13.6. The van der Waals surface area contributed by atoms with Gasteiger partial charge in [-0.15, -0.1) is 0 Å². The van der Waals surface area contributed by atoms with Crippen molar-refractivity contribution in [2.45, 2.75) is 6.10 Å². The highest BCUT2D eigenvalue weighted by Gasteiger charge is 2.11. The van der Waals surface area contributed by atoms with Crippen LogP contribution in [0.1, 0.15) is 10.6 Å². The zero-order valence-corrected chi connectivity index (χ0v) is 16.1. The number of halogens is 2. The Hall–Kier alpha value is -2.67. The molecule has 0 saturated heterocycles. The molecule has 28 heavy (non-hydrogen) atoms. The van der Waals surface area contributed by atoms with Crippen LogP contribution in [0.25, 0.3) is 0 Å². The van der Waals surface area contributed by atoms with E-state index in [-0.39, 0.29) is 24.9 Å². The van der Waals surface area contributed by atoms with Gasteiger partial charge in [0.1, 0.15) is 30.8 Å². The topological polar surface area (TPSA) is 80.9 Å². The van der Waals surface area contributed by atoms with Gasteiger partial charge in [-0.1, -0.05) is 23.2 Å². The normalized spacial score (nSPS) is 11.7. The molecule has 0 aliphatic rings.